The van der Waals surface area contributed by atoms with Gasteiger partial charge in [-0.2, -0.15) is 0 Å². The highest BCUT2D eigenvalue weighted by Crippen LogP contribution is 2.30. The van der Waals surface area contributed by atoms with Crippen LogP contribution in [0.15, 0.2) is 11.6 Å². The van der Waals surface area contributed by atoms with Gasteiger partial charge >= 0.3 is 0 Å². The lowest BCUT2D eigenvalue weighted by Gasteiger charge is -2.29. The molecule has 2 aliphatic rings. The Labute approximate surface area is 111 Å². The molecule has 0 amide bonds. The Balaban J connectivity index is 2.07. The standard InChI is InChI=1S/C14H25NO2S/c1-2-9-15-14(12-6-4-3-5-7-12)13-8-10-18(16,17)11-13/h6,13-15H,2-5,7-11H2,1H3. The van der Waals surface area contributed by atoms with Crippen LogP contribution in [0.4, 0.5) is 0 Å². The third-order valence-corrected chi connectivity index (χ3v) is 5.87. The van der Waals surface area contributed by atoms with Crippen LogP contribution < -0.4 is 5.32 Å². The zero-order chi connectivity index (χ0) is 13.0. The van der Waals surface area contributed by atoms with Crippen molar-refractivity contribution in [3.63, 3.8) is 0 Å². The summed E-state index contributed by atoms with van der Waals surface area (Å²) in [5.41, 5.74) is 1.47. The Kier molecular flexibility index (Phi) is 4.84. The predicted molar refractivity (Wildman–Crippen MR) is 75.4 cm³/mol. The lowest BCUT2D eigenvalue weighted by Crippen LogP contribution is -2.39. The topological polar surface area (TPSA) is 46.2 Å². The molecule has 0 aromatic rings. The Bertz CT molecular complexity index is 400. The van der Waals surface area contributed by atoms with E-state index in [9.17, 15) is 8.42 Å². The first-order valence-electron chi connectivity index (χ1n) is 7.25. The molecule has 1 saturated heterocycles. The minimum atomic E-state index is -2.77. The van der Waals surface area contributed by atoms with E-state index in [-0.39, 0.29) is 0 Å². The molecule has 1 fully saturated rings. The zero-order valence-electron chi connectivity index (χ0n) is 11.3. The molecule has 2 atom stereocenters. The minimum absolute atomic E-state index is 0.297. The van der Waals surface area contributed by atoms with Gasteiger partial charge in [-0.3, -0.25) is 0 Å². The molecule has 0 aromatic carbocycles. The molecule has 1 N–H and O–H groups in total. The number of allylic oxidation sites excluding steroid dienone is 1. The molecule has 0 spiro atoms. The van der Waals surface area contributed by atoms with E-state index in [1.165, 1.54) is 24.8 Å². The maximum Gasteiger partial charge on any atom is 0.150 e. The van der Waals surface area contributed by atoms with Crippen molar-refractivity contribution in [1.82, 2.24) is 5.32 Å². The largest absolute Gasteiger partial charge is 0.310 e. The van der Waals surface area contributed by atoms with Crippen LogP contribution in [-0.4, -0.2) is 32.5 Å². The van der Waals surface area contributed by atoms with E-state index in [1.807, 2.05) is 0 Å². The number of hydrogen-bond donors (Lipinski definition) is 1. The molecule has 1 aliphatic heterocycles. The number of hydrogen-bond acceptors (Lipinski definition) is 3. The van der Waals surface area contributed by atoms with E-state index in [0.29, 0.717) is 23.5 Å². The van der Waals surface area contributed by atoms with E-state index >= 15 is 0 Å². The second-order valence-electron chi connectivity index (χ2n) is 5.62. The summed E-state index contributed by atoms with van der Waals surface area (Å²) in [6.07, 6.45) is 9.14. The van der Waals surface area contributed by atoms with Gasteiger partial charge in [0.25, 0.3) is 0 Å². The fourth-order valence-corrected chi connectivity index (χ4v) is 4.97. The van der Waals surface area contributed by atoms with Crippen molar-refractivity contribution in [1.29, 1.82) is 0 Å². The molecule has 3 nitrogen and oxygen atoms in total. The molecule has 0 aromatic heterocycles. The van der Waals surface area contributed by atoms with Crippen molar-refractivity contribution in [2.45, 2.75) is 51.5 Å². The summed E-state index contributed by atoms with van der Waals surface area (Å²) in [7, 11) is -2.77. The van der Waals surface area contributed by atoms with Gasteiger partial charge in [-0.15, -0.1) is 0 Å². The molecule has 18 heavy (non-hydrogen) atoms. The van der Waals surface area contributed by atoms with Crippen LogP contribution in [0.5, 0.6) is 0 Å². The molecule has 0 bridgehead atoms. The van der Waals surface area contributed by atoms with Crippen molar-refractivity contribution in [2.24, 2.45) is 5.92 Å². The quantitative estimate of drug-likeness (QED) is 0.780. The van der Waals surface area contributed by atoms with Gasteiger partial charge in [0.05, 0.1) is 11.5 Å². The van der Waals surface area contributed by atoms with Gasteiger partial charge in [0.1, 0.15) is 0 Å². The van der Waals surface area contributed by atoms with Crippen molar-refractivity contribution < 1.29 is 8.42 Å². The van der Waals surface area contributed by atoms with Crippen molar-refractivity contribution in [2.75, 3.05) is 18.1 Å². The minimum Gasteiger partial charge on any atom is -0.310 e. The lowest BCUT2D eigenvalue weighted by molar-refractivity contribution is 0.408. The molecule has 1 aliphatic carbocycles. The van der Waals surface area contributed by atoms with Crippen LogP contribution in [0.25, 0.3) is 0 Å². The fourth-order valence-electron chi connectivity index (χ4n) is 3.13. The van der Waals surface area contributed by atoms with Crippen molar-refractivity contribution in [3.8, 4) is 0 Å². The van der Waals surface area contributed by atoms with E-state index < -0.39 is 9.84 Å². The number of sulfone groups is 1. The molecular weight excluding hydrogens is 246 g/mol. The van der Waals surface area contributed by atoms with Crippen LogP contribution in [0, 0.1) is 5.92 Å². The Morgan fingerprint density at radius 1 is 1.44 bits per heavy atom. The van der Waals surface area contributed by atoms with Gasteiger partial charge in [0.15, 0.2) is 9.84 Å². The fraction of sp³-hybridized carbons (Fsp3) is 0.857. The Hall–Kier alpha value is -0.350. The molecule has 1 heterocycles. The maximum absolute atomic E-state index is 11.7. The Morgan fingerprint density at radius 3 is 2.83 bits per heavy atom. The third-order valence-electron chi connectivity index (χ3n) is 4.08. The third kappa shape index (κ3) is 3.58. The highest BCUT2D eigenvalue weighted by atomic mass is 32.2. The van der Waals surface area contributed by atoms with Gasteiger partial charge in [0, 0.05) is 6.04 Å². The first-order valence-corrected chi connectivity index (χ1v) is 9.07. The Morgan fingerprint density at radius 2 is 2.28 bits per heavy atom. The lowest BCUT2D eigenvalue weighted by atomic mass is 9.86. The van der Waals surface area contributed by atoms with Gasteiger partial charge < -0.3 is 5.32 Å². The SMILES string of the molecule is CCCNC(C1=CCCCC1)C1CCS(=O)(=O)C1. The molecule has 0 radical (unpaired) electrons. The summed E-state index contributed by atoms with van der Waals surface area (Å²) in [6.45, 7) is 3.14. The summed E-state index contributed by atoms with van der Waals surface area (Å²) in [4.78, 5) is 0. The van der Waals surface area contributed by atoms with Gasteiger partial charge in [0.2, 0.25) is 0 Å². The van der Waals surface area contributed by atoms with Crippen LogP contribution >= 0.6 is 0 Å². The molecule has 0 saturated carbocycles. The smallest absolute Gasteiger partial charge is 0.150 e. The molecular formula is C14H25NO2S. The average Bonchev–Trinajstić information content (AvgIpc) is 2.72. The van der Waals surface area contributed by atoms with Crippen LogP contribution in [-0.2, 0) is 9.84 Å². The summed E-state index contributed by atoms with van der Waals surface area (Å²) >= 11 is 0. The summed E-state index contributed by atoms with van der Waals surface area (Å²) in [5.74, 6) is 1.06. The summed E-state index contributed by atoms with van der Waals surface area (Å²) in [6, 6.07) is 0.308. The first-order chi connectivity index (χ1) is 8.62. The van der Waals surface area contributed by atoms with E-state index in [1.54, 1.807) is 0 Å². The summed E-state index contributed by atoms with van der Waals surface area (Å²) in [5, 5.41) is 3.59. The van der Waals surface area contributed by atoms with E-state index in [0.717, 1.165) is 25.8 Å². The normalized spacial score (nSPS) is 28.9. The first kappa shape index (κ1) is 14.1. The van der Waals surface area contributed by atoms with Gasteiger partial charge in [-0.25, -0.2) is 8.42 Å². The van der Waals surface area contributed by atoms with Gasteiger partial charge in [-0.1, -0.05) is 18.6 Å². The second-order valence-corrected chi connectivity index (χ2v) is 7.85. The van der Waals surface area contributed by atoms with E-state index in [4.69, 9.17) is 0 Å². The maximum atomic E-state index is 11.7. The van der Waals surface area contributed by atoms with Crippen LogP contribution in [0.1, 0.15) is 45.4 Å². The highest BCUT2D eigenvalue weighted by Gasteiger charge is 2.35. The van der Waals surface area contributed by atoms with Crippen molar-refractivity contribution >= 4 is 9.84 Å². The number of rotatable bonds is 5. The van der Waals surface area contributed by atoms with Crippen LogP contribution in [0.2, 0.25) is 0 Å². The molecule has 2 unspecified atom stereocenters. The predicted octanol–water partition coefficient (Wildman–Crippen LogP) is 2.29. The highest BCUT2D eigenvalue weighted by molar-refractivity contribution is 7.91. The number of nitrogens with one attached hydrogen (secondary N) is 1. The van der Waals surface area contributed by atoms with Gasteiger partial charge in [-0.05, 0) is 51.0 Å². The monoisotopic (exact) mass is 271 g/mol. The van der Waals surface area contributed by atoms with Crippen LogP contribution in [0.3, 0.4) is 0 Å². The second kappa shape index (κ2) is 6.20. The molecule has 4 heteroatoms. The van der Waals surface area contributed by atoms with Crippen molar-refractivity contribution in [3.05, 3.63) is 11.6 Å². The molecule has 104 valence electrons. The zero-order valence-corrected chi connectivity index (χ0v) is 12.1. The van der Waals surface area contributed by atoms with E-state index in [2.05, 4.69) is 18.3 Å². The average molecular weight is 271 g/mol. The summed E-state index contributed by atoms with van der Waals surface area (Å²) < 4.78 is 23.3. The molecule has 2 rings (SSSR count).